The molecule has 0 amide bonds. The number of para-hydroxylation sites is 1. The fourth-order valence-corrected chi connectivity index (χ4v) is 1.88. The van der Waals surface area contributed by atoms with Crippen LogP contribution in [0, 0.1) is 0 Å². The van der Waals surface area contributed by atoms with E-state index in [0.29, 0.717) is 6.61 Å². The topological polar surface area (TPSA) is 67.8 Å². The van der Waals surface area contributed by atoms with Crippen molar-refractivity contribution in [2.75, 3.05) is 13.2 Å². The first-order chi connectivity index (χ1) is 8.72. The zero-order chi connectivity index (χ0) is 13.0. The quantitative estimate of drug-likeness (QED) is 0.620. The second kappa shape index (κ2) is 5.10. The molecule has 94 valence electrons. The number of hydrogen-bond acceptors (Lipinski definition) is 5. The summed E-state index contributed by atoms with van der Waals surface area (Å²) < 4.78 is 4.82. The van der Waals surface area contributed by atoms with Crippen LogP contribution in [0.4, 0.5) is 5.69 Å². The van der Waals surface area contributed by atoms with Crippen molar-refractivity contribution in [3.8, 4) is 0 Å². The highest BCUT2D eigenvalue weighted by molar-refractivity contribution is 6.00. The van der Waals surface area contributed by atoms with Crippen LogP contribution in [-0.4, -0.2) is 31.6 Å². The Labute approximate surface area is 105 Å². The molecule has 0 aromatic heterocycles. The zero-order valence-corrected chi connectivity index (χ0v) is 10.1. The molecule has 1 aliphatic heterocycles. The van der Waals surface area contributed by atoms with Gasteiger partial charge in [-0.05, 0) is 13.0 Å². The molecule has 1 aromatic rings. The number of esters is 1. The Morgan fingerprint density at radius 3 is 3.00 bits per heavy atom. The third-order valence-electron chi connectivity index (χ3n) is 2.77. The number of hydrogen-bond donors (Lipinski definition) is 1. The van der Waals surface area contributed by atoms with Crippen molar-refractivity contribution in [2.45, 2.75) is 12.5 Å². The molecule has 0 saturated heterocycles. The van der Waals surface area contributed by atoms with Gasteiger partial charge in [0.2, 0.25) is 0 Å². The summed E-state index contributed by atoms with van der Waals surface area (Å²) >= 11 is 0. The molecule has 1 atom stereocenters. The van der Waals surface area contributed by atoms with E-state index in [4.69, 9.17) is 4.74 Å². The number of aliphatic imine (C=N–C) groups is 1. The van der Waals surface area contributed by atoms with E-state index in [-0.39, 0.29) is 6.54 Å². The van der Waals surface area contributed by atoms with Gasteiger partial charge in [-0.1, -0.05) is 18.2 Å². The maximum absolute atomic E-state index is 11.4. The first kappa shape index (κ1) is 12.4. The number of nitrogens with zero attached hydrogens (tertiary/aromatic N) is 1. The lowest BCUT2D eigenvalue weighted by molar-refractivity contribution is -0.142. The molecule has 18 heavy (non-hydrogen) atoms. The minimum Gasteiger partial charge on any atom is -0.465 e. The molecule has 2 rings (SSSR count). The Morgan fingerprint density at radius 2 is 2.28 bits per heavy atom. The van der Waals surface area contributed by atoms with E-state index in [2.05, 4.69) is 10.3 Å². The number of nitrogens with one attached hydrogen (secondary N) is 1. The van der Waals surface area contributed by atoms with Crippen LogP contribution in [0.5, 0.6) is 0 Å². The van der Waals surface area contributed by atoms with Crippen LogP contribution in [0.1, 0.15) is 12.5 Å². The summed E-state index contributed by atoms with van der Waals surface area (Å²) in [5.41, 5.74) is 0.467. The van der Waals surface area contributed by atoms with Crippen molar-refractivity contribution in [1.82, 2.24) is 5.32 Å². The maximum atomic E-state index is 11.4. The SMILES string of the molecule is CCOC(=O)CNC1(C=O)C=Nc2ccccc21. The molecule has 1 unspecified atom stereocenters. The van der Waals surface area contributed by atoms with E-state index in [9.17, 15) is 9.59 Å². The largest absolute Gasteiger partial charge is 0.465 e. The number of carbonyl (C=O) groups is 2. The third kappa shape index (κ3) is 2.17. The van der Waals surface area contributed by atoms with Crippen LogP contribution in [0.2, 0.25) is 0 Å². The summed E-state index contributed by atoms with van der Waals surface area (Å²) in [4.78, 5) is 26.9. The lowest BCUT2D eigenvalue weighted by atomic mass is 9.94. The van der Waals surface area contributed by atoms with Crippen molar-refractivity contribution >= 4 is 24.2 Å². The van der Waals surface area contributed by atoms with Crippen LogP contribution in [-0.2, 0) is 19.9 Å². The van der Waals surface area contributed by atoms with Gasteiger partial charge in [0.1, 0.15) is 11.8 Å². The lowest BCUT2D eigenvalue weighted by Crippen LogP contribution is -2.46. The molecule has 1 heterocycles. The standard InChI is InChI=1S/C13H14N2O3/c1-2-18-12(17)7-15-13(9-16)8-14-11-6-4-3-5-10(11)13/h3-6,8-9,15H,2,7H2,1H3. The van der Waals surface area contributed by atoms with Crippen molar-refractivity contribution in [3.05, 3.63) is 29.8 Å². The minimum absolute atomic E-state index is 0.0348. The number of carbonyl (C=O) groups excluding carboxylic acids is 2. The highest BCUT2D eigenvalue weighted by Crippen LogP contribution is 2.33. The average molecular weight is 246 g/mol. The highest BCUT2D eigenvalue weighted by Gasteiger charge is 2.36. The Hall–Kier alpha value is -2.01. The van der Waals surface area contributed by atoms with Gasteiger partial charge < -0.3 is 9.53 Å². The van der Waals surface area contributed by atoms with Crippen molar-refractivity contribution in [1.29, 1.82) is 0 Å². The predicted octanol–water partition coefficient (Wildman–Crippen LogP) is 0.949. The monoisotopic (exact) mass is 246 g/mol. The molecule has 5 nitrogen and oxygen atoms in total. The van der Waals surface area contributed by atoms with E-state index in [0.717, 1.165) is 17.5 Å². The van der Waals surface area contributed by atoms with Gasteiger partial charge in [-0.15, -0.1) is 0 Å². The Balaban J connectivity index is 2.16. The number of ether oxygens (including phenoxy) is 1. The Bertz CT molecular complexity index is 499. The summed E-state index contributed by atoms with van der Waals surface area (Å²) in [6.07, 6.45) is 2.27. The molecule has 1 aromatic carbocycles. The van der Waals surface area contributed by atoms with Gasteiger partial charge in [-0.2, -0.15) is 0 Å². The molecular formula is C13H14N2O3. The molecule has 0 radical (unpaired) electrons. The van der Waals surface area contributed by atoms with E-state index in [1.165, 1.54) is 6.21 Å². The number of rotatable bonds is 5. The summed E-state index contributed by atoms with van der Waals surface area (Å²) in [6.45, 7) is 2.02. The smallest absolute Gasteiger partial charge is 0.319 e. The van der Waals surface area contributed by atoms with Gasteiger partial charge in [0, 0.05) is 11.8 Å². The highest BCUT2D eigenvalue weighted by atomic mass is 16.5. The third-order valence-corrected chi connectivity index (χ3v) is 2.77. The number of benzene rings is 1. The van der Waals surface area contributed by atoms with Gasteiger partial charge in [-0.3, -0.25) is 15.1 Å². The lowest BCUT2D eigenvalue weighted by Gasteiger charge is -2.22. The van der Waals surface area contributed by atoms with Crippen LogP contribution in [0.15, 0.2) is 29.3 Å². The Kier molecular flexibility index (Phi) is 3.53. The first-order valence-corrected chi connectivity index (χ1v) is 5.73. The van der Waals surface area contributed by atoms with Gasteiger partial charge in [-0.25, -0.2) is 0 Å². The summed E-state index contributed by atoms with van der Waals surface area (Å²) in [5, 5.41) is 2.89. The Morgan fingerprint density at radius 1 is 1.50 bits per heavy atom. The van der Waals surface area contributed by atoms with Crippen molar-refractivity contribution < 1.29 is 14.3 Å². The maximum Gasteiger partial charge on any atom is 0.319 e. The van der Waals surface area contributed by atoms with Gasteiger partial charge in [0.05, 0.1) is 18.8 Å². The van der Waals surface area contributed by atoms with Crippen LogP contribution in [0.25, 0.3) is 0 Å². The molecule has 0 aliphatic carbocycles. The van der Waals surface area contributed by atoms with E-state index < -0.39 is 11.5 Å². The summed E-state index contributed by atoms with van der Waals surface area (Å²) in [6, 6.07) is 7.32. The van der Waals surface area contributed by atoms with E-state index in [1.54, 1.807) is 6.92 Å². The average Bonchev–Trinajstić information content (AvgIpc) is 2.77. The predicted molar refractivity (Wildman–Crippen MR) is 67.0 cm³/mol. The molecule has 1 aliphatic rings. The van der Waals surface area contributed by atoms with E-state index >= 15 is 0 Å². The summed E-state index contributed by atoms with van der Waals surface area (Å²) in [5.74, 6) is -0.392. The molecular weight excluding hydrogens is 232 g/mol. The van der Waals surface area contributed by atoms with Gasteiger partial charge >= 0.3 is 5.97 Å². The fraction of sp³-hybridized carbons (Fsp3) is 0.308. The van der Waals surface area contributed by atoms with Crippen LogP contribution in [0.3, 0.4) is 0 Å². The second-order valence-corrected chi connectivity index (χ2v) is 3.92. The number of aldehydes is 1. The van der Waals surface area contributed by atoms with Gasteiger partial charge in [0.15, 0.2) is 0 Å². The molecule has 0 fully saturated rings. The van der Waals surface area contributed by atoms with Crippen LogP contribution < -0.4 is 5.32 Å². The van der Waals surface area contributed by atoms with Crippen molar-refractivity contribution in [2.24, 2.45) is 4.99 Å². The molecule has 0 saturated carbocycles. The molecule has 0 bridgehead atoms. The van der Waals surface area contributed by atoms with Crippen molar-refractivity contribution in [3.63, 3.8) is 0 Å². The summed E-state index contributed by atoms with van der Waals surface area (Å²) in [7, 11) is 0. The first-order valence-electron chi connectivity index (χ1n) is 5.73. The van der Waals surface area contributed by atoms with Crippen LogP contribution >= 0.6 is 0 Å². The molecule has 1 N–H and O–H groups in total. The number of fused-ring (bicyclic) bond motifs is 1. The zero-order valence-electron chi connectivity index (χ0n) is 10.1. The normalized spacial score (nSPS) is 20.5. The second-order valence-electron chi connectivity index (χ2n) is 3.92. The molecule has 5 heteroatoms. The molecule has 0 spiro atoms. The fourth-order valence-electron chi connectivity index (χ4n) is 1.88. The minimum atomic E-state index is -1.02. The van der Waals surface area contributed by atoms with Gasteiger partial charge in [0.25, 0.3) is 0 Å². The van der Waals surface area contributed by atoms with E-state index in [1.807, 2.05) is 24.3 Å².